The second kappa shape index (κ2) is 7.03. The number of amides is 2. The second-order valence-electron chi connectivity index (χ2n) is 5.15. The molecule has 25 heavy (non-hydrogen) atoms. The van der Waals surface area contributed by atoms with Gasteiger partial charge in [0, 0.05) is 28.2 Å². The van der Waals surface area contributed by atoms with Gasteiger partial charge in [0.2, 0.25) is 11.8 Å². The fraction of sp³-hybridized carbons (Fsp3) is 0.125. The van der Waals surface area contributed by atoms with Crippen LogP contribution in [0, 0.1) is 0 Å². The smallest absolute Gasteiger partial charge is 0.247 e. The Morgan fingerprint density at radius 1 is 1.24 bits per heavy atom. The van der Waals surface area contributed by atoms with Crippen molar-refractivity contribution in [2.75, 3.05) is 4.90 Å². The van der Waals surface area contributed by atoms with E-state index in [1.54, 1.807) is 0 Å². The molecule has 1 aromatic heterocycles. The third-order valence-electron chi connectivity index (χ3n) is 3.46. The molecule has 128 valence electrons. The van der Waals surface area contributed by atoms with Crippen molar-refractivity contribution in [1.82, 2.24) is 4.98 Å². The van der Waals surface area contributed by atoms with Crippen LogP contribution in [0.15, 0.2) is 41.6 Å². The van der Waals surface area contributed by atoms with Gasteiger partial charge in [-0.05, 0) is 30.3 Å². The topological polar surface area (TPSA) is 90.4 Å². The Balaban J connectivity index is 1.88. The summed E-state index contributed by atoms with van der Waals surface area (Å²) in [4.78, 5) is 41.0. The van der Waals surface area contributed by atoms with Crippen LogP contribution in [0.3, 0.4) is 0 Å². The monoisotopic (exact) mass is 395 g/mol. The molecule has 0 N–H and O–H groups in total. The van der Waals surface area contributed by atoms with Crippen LogP contribution in [0.5, 0.6) is 0 Å². The molecule has 1 aromatic carbocycles. The number of nitrogens with zero attached hydrogens (tertiary/aromatic N) is 2. The quantitative estimate of drug-likeness (QED) is 0.736. The number of thioether (sulfide) groups is 1. The van der Waals surface area contributed by atoms with Crippen molar-refractivity contribution >= 4 is 58.4 Å². The number of anilines is 1. The van der Waals surface area contributed by atoms with E-state index < -0.39 is 23.0 Å². The number of halogens is 2. The van der Waals surface area contributed by atoms with Crippen molar-refractivity contribution in [3.63, 3.8) is 0 Å². The Morgan fingerprint density at radius 3 is 2.56 bits per heavy atom. The lowest BCUT2D eigenvalue weighted by Crippen LogP contribution is -2.31. The first kappa shape index (κ1) is 17.7. The molecular weight excluding hydrogens is 387 g/mol. The summed E-state index contributed by atoms with van der Waals surface area (Å²) in [5.74, 6) is -2.30. The molecule has 0 aliphatic carbocycles. The van der Waals surface area contributed by atoms with E-state index in [1.807, 2.05) is 0 Å². The second-order valence-corrected chi connectivity index (χ2v) is 7.21. The minimum absolute atomic E-state index is 0.0866. The van der Waals surface area contributed by atoms with Crippen molar-refractivity contribution in [3.8, 4) is 0 Å². The highest BCUT2D eigenvalue weighted by Gasteiger charge is 2.40. The highest BCUT2D eigenvalue weighted by Crippen LogP contribution is 2.36. The molecule has 1 aliphatic heterocycles. The first-order chi connectivity index (χ1) is 11.9. The maximum absolute atomic E-state index is 12.6. The van der Waals surface area contributed by atoms with Crippen LogP contribution >= 0.6 is 35.0 Å². The summed E-state index contributed by atoms with van der Waals surface area (Å²) < 4.78 is 0. The molecular formula is C16H9Cl2N2O4S-. The van der Waals surface area contributed by atoms with E-state index in [9.17, 15) is 19.5 Å². The maximum atomic E-state index is 12.6. The lowest BCUT2D eigenvalue weighted by Gasteiger charge is -2.16. The summed E-state index contributed by atoms with van der Waals surface area (Å²) >= 11 is 12.8. The molecule has 0 saturated carbocycles. The van der Waals surface area contributed by atoms with E-state index in [0.717, 1.165) is 16.7 Å². The normalized spacial score (nSPS) is 17.2. The first-order valence-electron chi connectivity index (χ1n) is 7.02. The Morgan fingerprint density at radius 2 is 1.92 bits per heavy atom. The van der Waals surface area contributed by atoms with E-state index in [-0.39, 0.29) is 22.7 Å². The average Bonchev–Trinajstić information content (AvgIpc) is 2.80. The van der Waals surface area contributed by atoms with Gasteiger partial charge in [0.1, 0.15) is 5.03 Å². The molecule has 2 aromatic rings. The number of benzene rings is 1. The molecule has 1 fully saturated rings. The SMILES string of the molecule is O=C([O-])c1cccnc1SC1CC(=O)N(c2cc(Cl)cc(Cl)c2)C1=O. The zero-order valence-electron chi connectivity index (χ0n) is 12.4. The van der Waals surface area contributed by atoms with Crippen molar-refractivity contribution in [2.45, 2.75) is 16.7 Å². The first-order valence-corrected chi connectivity index (χ1v) is 8.66. The molecule has 2 amide bonds. The van der Waals surface area contributed by atoms with Crippen molar-refractivity contribution in [1.29, 1.82) is 0 Å². The van der Waals surface area contributed by atoms with Crippen LogP contribution in [0.25, 0.3) is 0 Å². The Bertz CT molecular complexity index is 870. The van der Waals surface area contributed by atoms with E-state index >= 15 is 0 Å². The molecule has 6 nitrogen and oxygen atoms in total. The van der Waals surface area contributed by atoms with Crippen LogP contribution in [0.2, 0.25) is 10.0 Å². The van der Waals surface area contributed by atoms with E-state index in [4.69, 9.17) is 23.2 Å². The third kappa shape index (κ3) is 3.63. The number of pyridine rings is 1. The van der Waals surface area contributed by atoms with Gasteiger partial charge in [-0.25, -0.2) is 9.88 Å². The molecule has 9 heteroatoms. The lowest BCUT2D eigenvalue weighted by molar-refractivity contribution is -0.255. The molecule has 0 bridgehead atoms. The van der Waals surface area contributed by atoms with Crippen LogP contribution in [-0.4, -0.2) is 28.0 Å². The molecule has 1 unspecified atom stereocenters. The third-order valence-corrected chi connectivity index (χ3v) is 5.09. The van der Waals surface area contributed by atoms with E-state index in [0.29, 0.717) is 10.0 Å². The van der Waals surface area contributed by atoms with Gasteiger partial charge >= 0.3 is 0 Å². The number of carboxylic acids is 1. The van der Waals surface area contributed by atoms with Crippen LogP contribution < -0.4 is 10.0 Å². The average molecular weight is 396 g/mol. The van der Waals surface area contributed by atoms with E-state index in [2.05, 4.69) is 4.98 Å². The van der Waals surface area contributed by atoms with Gasteiger partial charge in [0.25, 0.3) is 0 Å². The predicted molar refractivity (Wildman–Crippen MR) is 91.8 cm³/mol. The summed E-state index contributed by atoms with van der Waals surface area (Å²) in [6.07, 6.45) is 1.32. The number of aromatic carboxylic acids is 1. The standard InChI is InChI=1S/C16H10Cl2N2O4S/c17-8-4-9(18)6-10(5-8)20-13(21)7-12(15(20)22)25-14-11(16(23)24)2-1-3-19-14/h1-6,12H,7H2,(H,23,24)/p-1. The molecule has 0 spiro atoms. The Hall–Kier alpha value is -2.09. The van der Waals surface area contributed by atoms with Gasteiger partial charge in [-0.2, -0.15) is 0 Å². The van der Waals surface area contributed by atoms with Crippen molar-refractivity contribution < 1.29 is 19.5 Å². The summed E-state index contributed by atoms with van der Waals surface area (Å²) in [6, 6.07) is 7.20. The number of rotatable bonds is 4. The molecule has 2 heterocycles. The highest BCUT2D eigenvalue weighted by atomic mass is 35.5. The van der Waals surface area contributed by atoms with Gasteiger partial charge in [-0.15, -0.1) is 0 Å². The lowest BCUT2D eigenvalue weighted by atomic mass is 10.3. The Labute approximate surface area is 156 Å². The summed E-state index contributed by atoms with van der Waals surface area (Å²) in [6.45, 7) is 0. The van der Waals surface area contributed by atoms with Gasteiger partial charge in [-0.3, -0.25) is 9.59 Å². The maximum Gasteiger partial charge on any atom is 0.247 e. The number of hydrogen-bond acceptors (Lipinski definition) is 6. The number of carbonyl (C=O) groups excluding carboxylic acids is 3. The number of imide groups is 1. The highest BCUT2D eigenvalue weighted by molar-refractivity contribution is 8.00. The van der Waals surface area contributed by atoms with E-state index in [1.165, 1.54) is 36.5 Å². The summed E-state index contributed by atoms with van der Waals surface area (Å²) in [5.41, 5.74) is 0.147. The van der Waals surface area contributed by atoms with Crippen LogP contribution in [-0.2, 0) is 9.59 Å². The molecule has 1 atom stereocenters. The van der Waals surface area contributed by atoms with Crippen LogP contribution in [0.4, 0.5) is 5.69 Å². The van der Waals surface area contributed by atoms with Crippen LogP contribution in [0.1, 0.15) is 16.8 Å². The zero-order chi connectivity index (χ0) is 18.1. The van der Waals surface area contributed by atoms with Crippen molar-refractivity contribution in [3.05, 3.63) is 52.1 Å². The molecule has 1 aliphatic rings. The van der Waals surface area contributed by atoms with Crippen molar-refractivity contribution in [2.24, 2.45) is 0 Å². The minimum Gasteiger partial charge on any atom is -0.545 e. The summed E-state index contributed by atoms with van der Waals surface area (Å²) in [5, 5.41) is 11.1. The summed E-state index contributed by atoms with van der Waals surface area (Å²) in [7, 11) is 0. The Kier molecular flexibility index (Phi) is 4.99. The van der Waals surface area contributed by atoms with Gasteiger partial charge in [0.15, 0.2) is 0 Å². The fourth-order valence-corrected chi connectivity index (χ4v) is 4.03. The van der Waals surface area contributed by atoms with Gasteiger partial charge < -0.3 is 9.90 Å². The number of carboxylic acid groups (broad SMARTS) is 1. The molecule has 0 radical (unpaired) electrons. The number of aromatic nitrogens is 1. The number of hydrogen-bond donors (Lipinski definition) is 0. The molecule has 3 rings (SSSR count). The predicted octanol–water partition coefficient (Wildman–Crippen LogP) is 2.18. The molecule has 1 saturated heterocycles. The fourth-order valence-electron chi connectivity index (χ4n) is 2.41. The number of carbonyl (C=O) groups is 3. The largest absolute Gasteiger partial charge is 0.545 e. The zero-order valence-corrected chi connectivity index (χ0v) is 14.8. The van der Waals surface area contributed by atoms with Gasteiger partial charge in [-0.1, -0.05) is 35.0 Å². The minimum atomic E-state index is -1.40. The van der Waals surface area contributed by atoms with Gasteiger partial charge in [0.05, 0.1) is 16.9 Å².